The topological polar surface area (TPSA) is 148 Å². The number of primary amides is 2. The lowest BCUT2D eigenvalue weighted by atomic mass is 10.0. The third-order valence-electron chi connectivity index (χ3n) is 5.01. The van der Waals surface area contributed by atoms with Crippen LogP contribution in [0.25, 0.3) is 0 Å². The quantitative estimate of drug-likeness (QED) is 0.464. The second-order valence-corrected chi connectivity index (χ2v) is 7.80. The van der Waals surface area contributed by atoms with Crippen LogP contribution in [-0.4, -0.2) is 59.0 Å². The molecule has 6 N–H and O–H groups in total. The fourth-order valence-electron chi connectivity index (χ4n) is 3.30. The molecule has 1 aromatic carbocycles. The zero-order valence-corrected chi connectivity index (χ0v) is 17.8. The third kappa shape index (κ3) is 6.12. The number of anilines is 3. The van der Waals surface area contributed by atoms with E-state index < -0.39 is 17.9 Å². The van der Waals surface area contributed by atoms with E-state index >= 15 is 0 Å². The highest BCUT2D eigenvalue weighted by atomic mass is 16.5. The van der Waals surface area contributed by atoms with E-state index in [1.165, 1.54) is 11.8 Å². The van der Waals surface area contributed by atoms with Gasteiger partial charge in [0.15, 0.2) is 11.5 Å². The summed E-state index contributed by atoms with van der Waals surface area (Å²) >= 11 is 0. The number of amides is 2. The van der Waals surface area contributed by atoms with Crippen molar-refractivity contribution in [1.29, 1.82) is 0 Å². The fourth-order valence-corrected chi connectivity index (χ4v) is 3.30. The second kappa shape index (κ2) is 10.2. The molecule has 0 radical (unpaired) electrons. The maximum Gasteiger partial charge on any atom is 0.271 e. The number of hydrogen-bond acceptors (Lipinski definition) is 8. The molecule has 1 saturated heterocycles. The number of benzene rings is 1. The molecule has 0 saturated carbocycles. The normalized spacial score (nSPS) is 15.5. The number of aromatic nitrogens is 2. The van der Waals surface area contributed by atoms with E-state index in [-0.39, 0.29) is 17.4 Å². The average molecular weight is 428 g/mol. The number of nitrogens with one attached hydrogen (secondary N) is 2. The molecular weight excluding hydrogens is 398 g/mol. The Morgan fingerprint density at radius 3 is 2.42 bits per heavy atom. The molecule has 1 fully saturated rings. The summed E-state index contributed by atoms with van der Waals surface area (Å²) in [4.78, 5) is 34.3. The predicted octanol–water partition coefficient (Wildman–Crippen LogP) is 1.07. The van der Waals surface area contributed by atoms with Crippen LogP contribution in [0.2, 0.25) is 0 Å². The highest BCUT2D eigenvalue weighted by Crippen LogP contribution is 2.21. The third-order valence-corrected chi connectivity index (χ3v) is 5.01. The van der Waals surface area contributed by atoms with Crippen molar-refractivity contribution >= 4 is 29.1 Å². The zero-order chi connectivity index (χ0) is 22.4. The first kappa shape index (κ1) is 22.4. The van der Waals surface area contributed by atoms with Crippen LogP contribution in [0.4, 0.5) is 17.3 Å². The van der Waals surface area contributed by atoms with Crippen LogP contribution in [0.3, 0.4) is 0 Å². The lowest BCUT2D eigenvalue weighted by Crippen LogP contribution is -2.39. The first-order valence-corrected chi connectivity index (χ1v) is 10.2. The largest absolute Gasteiger partial charge is 0.379 e. The summed E-state index contributed by atoms with van der Waals surface area (Å²) in [6.07, 6.45) is 1.36. The number of nitrogens with two attached hydrogens (primary N) is 2. The van der Waals surface area contributed by atoms with Gasteiger partial charge in [0.2, 0.25) is 5.91 Å². The van der Waals surface area contributed by atoms with Crippen LogP contribution in [0.15, 0.2) is 30.5 Å². The predicted molar refractivity (Wildman–Crippen MR) is 118 cm³/mol. The molecule has 1 aromatic heterocycles. The fraction of sp³-hybridized carbons (Fsp3) is 0.429. The summed E-state index contributed by atoms with van der Waals surface area (Å²) in [7, 11) is 0. The number of carbonyl (C=O) groups is 2. The van der Waals surface area contributed by atoms with Crippen LogP contribution < -0.4 is 22.1 Å². The van der Waals surface area contributed by atoms with Crippen molar-refractivity contribution in [3.63, 3.8) is 0 Å². The summed E-state index contributed by atoms with van der Waals surface area (Å²) in [5, 5.41) is 6.06. The van der Waals surface area contributed by atoms with E-state index in [2.05, 4.69) is 25.5 Å². The SMILES string of the molecule is CC(C)[C@@H](Nc1cnc(C(N)=O)c(Nc2ccc(CN3CCOCC3)cc2)n1)C(N)=O. The molecule has 1 aliphatic rings. The minimum atomic E-state index is -0.708. The average Bonchev–Trinajstić information content (AvgIpc) is 2.73. The Kier molecular flexibility index (Phi) is 7.37. The molecule has 2 aromatic rings. The second-order valence-electron chi connectivity index (χ2n) is 7.80. The Morgan fingerprint density at radius 2 is 1.84 bits per heavy atom. The maximum absolute atomic E-state index is 11.8. The van der Waals surface area contributed by atoms with Gasteiger partial charge in [-0.2, -0.15) is 0 Å². The van der Waals surface area contributed by atoms with Crippen LogP contribution in [0.5, 0.6) is 0 Å². The van der Waals surface area contributed by atoms with E-state index in [1.54, 1.807) is 0 Å². The Morgan fingerprint density at radius 1 is 1.16 bits per heavy atom. The standard InChI is InChI=1S/C21H29N7O3/c1-13(2)17(19(22)29)26-16-11-24-18(20(23)30)21(27-16)25-15-5-3-14(4-6-15)12-28-7-9-31-10-8-28/h3-6,11,13,17H,7-10,12H2,1-2H3,(H2,22,29)(H2,23,30)(H2,25,26,27)/t17-/m1/s1. The van der Waals surface area contributed by atoms with Crippen molar-refractivity contribution in [1.82, 2.24) is 14.9 Å². The van der Waals surface area contributed by atoms with Gasteiger partial charge >= 0.3 is 0 Å². The molecule has 0 unspecified atom stereocenters. The van der Waals surface area contributed by atoms with Crippen LogP contribution in [0, 0.1) is 5.92 Å². The number of ether oxygens (including phenoxy) is 1. The van der Waals surface area contributed by atoms with Crippen molar-refractivity contribution in [2.45, 2.75) is 26.4 Å². The molecule has 0 bridgehead atoms. The van der Waals surface area contributed by atoms with Crippen LogP contribution in [-0.2, 0) is 16.1 Å². The lowest BCUT2D eigenvalue weighted by molar-refractivity contribution is -0.119. The summed E-state index contributed by atoms with van der Waals surface area (Å²) in [6.45, 7) is 7.92. The molecule has 0 spiro atoms. The van der Waals surface area contributed by atoms with Crippen molar-refractivity contribution in [2.75, 3.05) is 36.9 Å². The van der Waals surface area contributed by atoms with Gasteiger partial charge in [0.05, 0.1) is 19.4 Å². The molecule has 2 amide bonds. The number of morpholine rings is 1. The van der Waals surface area contributed by atoms with E-state index in [4.69, 9.17) is 16.2 Å². The number of carbonyl (C=O) groups excluding carboxylic acids is 2. The van der Waals surface area contributed by atoms with Crippen molar-refractivity contribution in [3.8, 4) is 0 Å². The molecule has 1 atom stereocenters. The van der Waals surface area contributed by atoms with Crippen LogP contribution >= 0.6 is 0 Å². The smallest absolute Gasteiger partial charge is 0.271 e. The van der Waals surface area contributed by atoms with Gasteiger partial charge in [-0.25, -0.2) is 9.97 Å². The summed E-state index contributed by atoms with van der Waals surface area (Å²) < 4.78 is 5.38. The molecule has 166 valence electrons. The van der Waals surface area contributed by atoms with Gasteiger partial charge in [-0.1, -0.05) is 26.0 Å². The lowest BCUT2D eigenvalue weighted by Gasteiger charge is -2.26. The highest BCUT2D eigenvalue weighted by molar-refractivity contribution is 5.96. The molecule has 1 aliphatic heterocycles. The van der Waals surface area contributed by atoms with Gasteiger partial charge in [-0.05, 0) is 23.6 Å². The van der Waals surface area contributed by atoms with Crippen molar-refractivity contribution < 1.29 is 14.3 Å². The van der Waals surface area contributed by atoms with Crippen molar-refractivity contribution in [3.05, 3.63) is 41.7 Å². The van der Waals surface area contributed by atoms with Gasteiger partial charge in [0.25, 0.3) is 5.91 Å². The molecular formula is C21H29N7O3. The summed E-state index contributed by atoms with van der Waals surface area (Å²) in [6, 6.07) is 7.21. The molecule has 0 aliphatic carbocycles. The molecule has 10 heteroatoms. The zero-order valence-electron chi connectivity index (χ0n) is 17.8. The molecule has 31 heavy (non-hydrogen) atoms. The highest BCUT2D eigenvalue weighted by Gasteiger charge is 2.21. The van der Waals surface area contributed by atoms with Gasteiger partial charge in [-0.15, -0.1) is 0 Å². The summed E-state index contributed by atoms with van der Waals surface area (Å²) in [5.74, 6) is -0.744. The molecule has 2 heterocycles. The summed E-state index contributed by atoms with van der Waals surface area (Å²) in [5.41, 5.74) is 12.8. The van der Waals surface area contributed by atoms with Gasteiger partial charge in [-0.3, -0.25) is 14.5 Å². The van der Waals surface area contributed by atoms with E-state index in [0.29, 0.717) is 5.82 Å². The first-order chi connectivity index (χ1) is 14.8. The van der Waals surface area contributed by atoms with Gasteiger partial charge in [0.1, 0.15) is 11.9 Å². The minimum absolute atomic E-state index is 0.00288. The Balaban J connectivity index is 1.75. The van der Waals surface area contributed by atoms with E-state index in [9.17, 15) is 9.59 Å². The Bertz CT molecular complexity index is 912. The van der Waals surface area contributed by atoms with E-state index in [1.807, 2.05) is 38.1 Å². The number of rotatable bonds is 9. The van der Waals surface area contributed by atoms with E-state index in [0.717, 1.165) is 38.5 Å². The monoisotopic (exact) mass is 427 g/mol. The van der Waals surface area contributed by atoms with Gasteiger partial charge < -0.3 is 26.8 Å². The molecule has 3 rings (SSSR count). The Hall–Kier alpha value is -3.24. The minimum Gasteiger partial charge on any atom is -0.379 e. The molecule has 10 nitrogen and oxygen atoms in total. The Labute approximate surface area is 181 Å². The first-order valence-electron chi connectivity index (χ1n) is 10.2. The number of hydrogen-bond donors (Lipinski definition) is 4. The maximum atomic E-state index is 11.8. The van der Waals surface area contributed by atoms with Crippen LogP contribution in [0.1, 0.15) is 29.9 Å². The van der Waals surface area contributed by atoms with Gasteiger partial charge in [0, 0.05) is 25.3 Å². The van der Waals surface area contributed by atoms with Crippen molar-refractivity contribution in [2.24, 2.45) is 17.4 Å². The number of nitrogens with zero attached hydrogens (tertiary/aromatic N) is 3.